The van der Waals surface area contributed by atoms with Gasteiger partial charge in [-0.15, -0.1) is 0 Å². The standard InChI is InChI=1S/C17H18O6S/c1-2-3-11-22-14-9-10-16(24(19,20)21)15(12-14)23-17(18)13-7-5-4-6-8-13/h4-10,12H,2-3,11H2,1H3,(H,19,20,21). The van der Waals surface area contributed by atoms with E-state index in [1.54, 1.807) is 18.2 Å². The molecule has 0 aliphatic heterocycles. The van der Waals surface area contributed by atoms with E-state index < -0.39 is 21.0 Å². The lowest BCUT2D eigenvalue weighted by Crippen LogP contribution is -2.11. The second kappa shape index (κ2) is 7.94. The van der Waals surface area contributed by atoms with Crippen LogP contribution < -0.4 is 9.47 Å². The summed E-state index contributed by atoms with van der Waals surface area (Å²) in [5.41, 5.74) is 0.260. The fraction of sp³-hybridized carbons (Fsp3) is 0.235. The van der Waals surface area contributed by atoms with E-state index in [2.05, 4.69) is 0 Å². The first-order chi connectivity index (χ1) is 11.4. The Morgan fingerprint density at radius 3 is 2.46 bits per heavy atom. The topological polar surface area (TPSA) is 89.9 Å². The number of benzene rings is 2. The molecule has 24 heavy (non-hydrogen) atoms. The summed E-state index contributed by atoms with van der Waals surface area (Å²) in [5.74, 6) is -0.654. The molecule has 0 aliphatic carbocycles. The van der Waals surface area contributed by atoms with E-state index in [1.165, 1.54) is 24.3 Å². The zero-order chi connectivity index (χ0) is 17.6. The van der Waals surface area contributed by atoms with Crippen molar-refractivity contribution in [2.45, 2.75) is 24.7 Å². The van der Waals surface area contributed by atoms with Crippen LogP contribution in [-0.4, -0.2) is 25.5 Å². The van der Waals surface area contributed by atoms with Crippen molar-refractivity contribution in [2.75, 3.05) is 6.61 Å². The van der Waals surface area contributed by atoms with Crippen LogP contribution in [-0.2, 0) is 10.1 Å². The number of rotatable bonds is 7. The first-order valence-corrected chi connectivity index (χ1v) is 8.87. The number of carbonyl (C=O) groups excluding carboxylic acids is 1. The van der Waals surface area contributed by atoms with E-state index in [-0.39, 0.29) is 11.3 Å². The molecule has 1 N–H and O–H groups in total. The largest absolute Gasteiger partial charge is 0.493 e. The summed E-state index contributed by atoms with van der Waals surface area (Å²) in [6.07, 6.45) is 1.78. The van der Waals surface area contributed by atoms with Gasteiger partial charge in [-0.1, -0.05) is 31.5 Å². The highest BCUT2D eigenvalue weighted by Crippen LogP contribution is 2.29. The molecule has 128 valence electrons. The second-order valence-corrected chi connectivity index (χ2v) is 6.43. The minimum atomic E-state index is -4.54. The van der Waals surface area contributed by atoms with E-state index >= 15 is 0 Å². The van der Waals surface area contributed by atoms with Gasteiger partial charge in [0.1, 0.15) is 10.6 Å². The predicted molar refractivity (Wildman–Crippen MR) is 88.1 cm³/mol. The van der Waals surface area contributed by atoms with Crippen LogP contribution in [0.5, 0.6) is 11.5 Å². The average molecular weight is 350 g/mol. The average Bonchev–Trinajstić information content (AvgIpc) is 2.55. The molecule has 0 bridgehead atoms. The van der Waals surface area contributed by atoms with Gasteiger partial charge in [-0.05, 0) is 30.7 Å². The van der Waals surface area contributed by atoms with Gasteiger partial charge < -0.3 is 9.47 Å². The molecule has 0 heterocycles. The maximum absolute atomic E-state index is 12.1. The van der Waals surface area contributed by atoms with Gasteiger partial charge in [-0.3, -0.25) is 4.55 Å². The summed E-state index contributed by atoms with van der Waals surface area (Å²) in [4.78, 5) is 11.6. The Bertz CT molecular complexity index is 799. The van der Waals surface area contributed by atoms with E-state index in [0.717, 1.165) is 18.9 Å². The first kappa shape index (κ1) is 18.0. The molecule has 0 saturated carbocycles. The molecule has 0 radical (unpaired) electrons. The van der Waals surface area contributed by atoms with Crippen molar-refractivity contribution in [3.05, 3.63) is 54.1 Å². The Balaban J connectivity index is 2.30. The van der Waals surface area contributed by atoms with Gasteiger partial charge in [0, 0.05) is 6.07 Å². The highest BCUT2D eigenvalue weighted by molar-refractivity contribution is 7.86. The Kier molecular flexibility index (Phi) is 5.94. The molecule has 2 aromatic carbocycles. The minimum absolute atomic E-state index is 0.260. The molecule has 0 spiro atoms. The summed E-state index contributed by atoms with van der Waals surface area (Å²) >= 11 is 0. The lowest BCUT2D eigenvalue weighted by molar-refractivity contribution is 0.0729. The summed E-state index contributed by atoms with van der Waals surface area (Å²) < 4.78 is 42.9. The Morgan fingerprint density at radius 2 is 1.83 bits per heavy atom. The van der Waals surface area contributed by atoms with Gasteiger partial charge in [-0.25, -0.2) is 4.79 Å². The maximum Gasteiger partial charge on any atom is 0.343 e. The van der Waals surface area contributed by atoms with Gasteiger partial charge in [0.05, 0.1) is 12.2 Å². The summed E-state index contributed by atoms with van der Waals surface area (Å²) in [5, 5.41) is 0. The van der Waals surface area contributed by atoms with Gasteiger partial charge in [-0.2, -0.15) is 8.42 Å². The van der Waals surface area contributed by atoms with Gasteiger partial charge >= 0.3 is 5.97 Å². The maximum atomic E-state index is 12.1. The van der Waals surface area contributed by atoms with Crippen LogP contribution in [0.25, 0.3) is 0 Å². The van der Waals surface area contributed by atoms with Crippen LogP contribution >= 0.6 is 0 Å². The van der Waals surface area contributed by atoms with Crippen molar-refractivity contribution < 1.29 is 27.2 Å². The predicted octanol–water partition coefficient (Wildman–Crippen LogP) is 3.33. The minimum Gasteiger partial charge on any atom is -0.493 e. The summed E-state index contributed by atoms with van der Waals surface area (Å²) in [6.45, 7) is 2.46. The normalized spacial score (nSPS) is 11.1. The first-order valence-electron chi connectivity index (χ1n) is 7.43. The number of carbonyl (C=O) groups is 1. The third-order valence-electron chi connectivity index (χ3n) is 3.17. The van der Waals surface area contributed by atoms with Crippen molar-refractivity contribution in [3.8, 4) is 11.5 Å². The molecule has 0 atom stereocenters. The monoisotopic (exact) mass is 350 g/mol. The smallest absolute Gasteiger partial charge is 0.343 e. The summed E-state index contributed by atoms with van der Waals surface area (Å²) in [7, 11) is -4.54. The van der Waals surface area contributed by atoms with Gasteiger partial charge in [0.2, 0.25) is 0 Å². The molecule has 6 nitrogen and oxygen atoms in total. The van der Waals surface area contributed by atoms with Gasteiger partial charge in [0.25, 0.3) is 10.1 Å². The van der Waals surface area contributed by atoms with Crippen LogP contribution in [0.15, 0.2) is 53.4 Å². The molecular weight excluding hydrogens is 332 g/mol. The van der Waals surface area contributed by atoms with E-state index in [9.17, 15) is 17.8 Å². The fourth-order valence-electron chi connectivity index (χ4n) is 1.94. The van der Waals surface area contributed by atoms with Crippen LogP contribution in [0.2, 0.25) is 0 Å². The van der Waals surface area contributed by atoms with Crippen LogP contribution in [0.3, 0.4) is 0 Å². The fourth-order valence-corrected chi connectivity index (χ4v) is 2.53. The molecular formula is C17H18O6S. The molecule has 0 amide bonds. The molecule has 0 aromatic heterocycles. The molecule has 2 aromatic rings. The molecule has 2 rings (SSSR count). The van der Waals surface area contributed by atoms with Crippen LogP contribution in [0.4, 0.5) is 0 Å². The Labute approximate surface area is 140 Å². The SMILES string of the molecule is CCCCOc1ccc(S(=O)(=O)O)c(OC(=O)c2ccccc2)c1. The zero-order valence-electron chi connectivity index (χ0n) is 13.1. The molecule has 0 aliphatic rings. The van der Waals surface area contributed by atoms with Crippen LogP contribution in [0, 0.1) is 0 Å². The molecule has 0 fully saturated rings. The number of ether oxygens (including phenoxy) is 2. The summed E-state index contributed by atoms with van der Waals surface area (Å²) in [6, 6.07) is 12.0. The van der Waals surface area contributed by atoms with Crippen molar-refractivity contribution in [3.63, 3.8) is 0 Å². The third kappa shape index (κ3) is 4.81. The number of esters is 1. The highest BCUT2D eigenvalue weighted by atomic mass is 32.2. The molecule has 7 heteroatoms. The van der Waals surface area contributed by atoms with Crippen LogP contribution in [0.1, 0.15) is 30.1 Å². The third-order valence-corrected chi connectivity index (χ3v) is 4.06. The Hall–Kier alpha value is -2.38. The zero-order valence-corrected chi connectivity index (χ0v) is 14.0. The van der Waals surface area contributed by atoms with E-state index in [0.29, 0.717) is 12.4 Å². The quantitative estimate of drug-likeness (QED) is 0.356. The van der Waals surface area contributed by atoms with E-state index in [4.69, 9.17) is 9.47 Å². The lowest BCUT2D eigenvalue weighted by Gasteiger charge is -2.11. The van der Waals surface area contributed by atoms with Crippen molar-refractivity contribution in [1.82, 2.24) is 0 Å². The molecule has 0 saturated heterocycles. The van der Waals surface area contributed by atoms with Crippen molar-refractivity contribution in [2.24, 2.45) is 0 Å². The highest BCUT2D eigenvalue weighted by Gasteiger charge is 2.20. The number of hydrogen-bond donors (Lipinski definition) is 1. The second-order valence-electron chi connectivity index (χ2n) is 5.04. The lowest BCUT2D eigenvalue weighted by atomic mass is 10.2. The number of hydrogen-bond acceptors (Lipinski definition) is 5. The van der Waals surface area contributed by atoms with E-state index in [1.807, 2.05) is 6.92 Å². The molecule has 0 unspecified atom stereocenters. The van der Waals surface area contributed by atoms with Gasteiger partial charge in [0.15, 0.2) is 5.75 Å². The van der Waals surface area contributed by atoms with Crippen molar-refractivity contribution in [1.29, 1.82) is 0 Å². The number of unbranched alkanes of at least 4 members (excludes halogenated alkanes) is 1. The van der Waals surface area contributed by atoms with Crippen molar-refractivity contribution >= 4 is 16.1 Å². The Morgan fingerprint density at radius 1 is 1.12 bits per heavy atom.